The standard InChI is InChI=1S/C4H6O4.C4H8O2/c5-1-3-2-7-4(6)8-3;1-2-3-4(5)6/h3,5H,1-2H2;2-3H2,1H3,(H,5,6). The lowest BCUT2D eigenvalue weighted by Gasteiger charge is -1.96. The second kappa shape index (κ2) is 7.14. The highest BCUT2D eigenvalue weighted by molar-refractivity contribution is 5.66. The number of ether oxygens (including phenoxy) is 2. The molecule has 6 nitrogen and oxygen atoms in total. The Morgan fingerprint density at radius 2 is 2.29 bits per heavy atom. The average Bonchev–Trinajstić information content (AvgIpc) is 2.52. The molecular formula is C8H14O6. The minimum Gasteiger partial charge on any atom is -0.481 e. The molecule has 1 unspecified atom stereocenters. The Hall–Kier alpha value is -1.30. The number of carbonyl (C=O) groups excluding carboxylic acids is 1. The molecule has 1 aliphatic rings. The van der Waals surface area contributed by atoms with Gasteiger partial charge in [-0.1, -0.05) is 6.92 Å². The average molecular weight is 206 g/mol. The van der Waals surface area contributed by atoms with E-state index >= 15 is 0 Å². The van der Waals surface area contributed by atoms with Crippen molar-refractivity contribution in [3.8, 4) is 0 Å². The first-order valence-corrected chi connectivity index (χ1v) is 4.26. The van der Waals surface area contributed by atoms with Crippen LogP contribution in [0, 0.1) is 0 Å². The molecule has 0 aromatic rings. The third-order valence-electron chi connectivity index (χ3n) is 1.32. The zero-order valence-corrected chi connectivity index (χ0v) is 7.93. The second-order valence-electron chi connectivity index (χ2n) is 2.63. The van der Waals surface area contributed by atoms with Crippen molar-refractivity contribution >= 4 is 12.1 Å². The molecule has 0 aromatic carbocycles. The van der Waals surface area contributed by atoms with Crippen LogP contribution in [0.2, 0.25) is 0 Å². The van der Waals surface area contributed by atoms with Crippen LogP contribution in [0.25, 0.3) is 0 Å². The highest BCUT2D eigenvalue weighted by Crippen LogP contribution is 2.03. The monoisotopic (exact) mass is 206 g/mol. The Morgan fingerprint density at radius 3 is 2.43 bits per heavy atom. The first-order valence-electron chi connectivity index (χ1n) is 4.26. The SMILES string of the molecule is CCCC(=O)O.O=C1OCC(CO)O1. The Morgan fingerprint density at radius 1 is 1.64 bits per heavy atom. The molecule has 0 spiro atoms. The lowest BCUT2D eigenvalue weighted by atomic mass is 10.4. The van der Waals surface area contributed by atoms with E-state index in [1.54, 1.807) is 0 Å². The van der Waals surface area contributed by atoms with Gasteiger partial charge in [-0.15, -0.1) is 0 Å². The number of carboxylic acids is 1. The molecule has 1 heterocycles. The highest BCUT2D eigenvalue weighted by Gasteiger charge is 2.23. The predicted octanol–water partition coefficient (Wildman–Crippen LogP) is 0.385. The molecule has 0 aromatic heterocycles. The predicted molar refractivity (Wildman–Crippen MR) is 45.9 cm³/mol. The molecule has 1 rings (SSSR count). The topological polar surface area (TPSA) is 93.1 Å². The normalized spacial score (nSPS) is 19.0. The quantitative estimate of drug-likeness (QED) is 0.648. The Balaban J connectivity index is 0.000000255. The summed E-state index contributed by atoms with van der Waals surface area (Å²) in [6.45, 7) is 1.86. The van der Waals surface area contributed by atoms with Crippen LogP contribution < -0.4 is 0 Å². The fraction of sp³-hybridized carbons (Fsp3) is 0.750. The van der Waals surface area contributed by atoms with Crippen molar-refractivity contribution in [3.05, 3.63) is 0 Å². The van der Waals surface area contributed by atoms with E-state index in [-0.39, 0.29) is 13.2 Å². The van der Waals surface area contributed by atoms with Crippen molar-refractivity contribution in [1.29, 1.82) is 0 Å². The molecule has 14 heavy (non-hydrogen) atoms. The smallest absolute Gasteiger partial charge is 0.481 e. The number of aliphatic carboxylic acids is 1. The Bertz CT molecular complexity index is 190. The van der Waals surface area contributed by atoms with Gasteiger partial charge in [0.25, 0.3) is 0 Å². The van der Waals surface area contributed by atoms with Crippen molar-refractivity contribution in [2.45, 2.75) is 25.9 Å². The fourth-order valence-corrected chi connectivity index (χ4v) is 0.669. The molecule has 1 fully saturated rings. The van der Waals surface area contributed by atoms with E-state index in [9.17, 15) is 9.59 Å². The summed E-state index contributed by atoms with van der Waals surface area (Å²) in [4.78, 5) is 19.7. The Labute approximate surface area is 81.4 Å². The van der Waals surface area contributed by atoms with Crippen LogP contribution in [-0.2, 0) is 14.3 Å². The van der Waals surface area contributed by atoms with Gasteiger partial charge in [0.15, 0.2) is 6.10 Å². The van der Waals surface area contributed by atoms with Crippen LogP contribution in [0.5, 0.6) is 0 Å². The summed E-state index contributed by atoms with van der Waals surface area (Å²) >= 11 is 0. The molecule has 82 valence electrons. The maximum atomic E-state index is 10.1. The first-order chi connectivity index (χ1) is 6.60. The molecule has 0 amide bonds. The summed E-state index contributed by atoms with van der Waals surface area (Å²) in [6.07, 6.45) is -0.110. The Kier molecular flexibility index (Phi) is 6.47. The summed E-state index contributed by atoms with van der Waals surface area (Å²) in [6, 6.07) is 0. The van der Waals surface area contributed by atoms with E-state index in [1.165, 1.54) is 0 Å². The van der Waals surface area contributed by atoms with Gasteiger partial charge in [0.1, 0.15) is 6.61 Å². The van der Waals surface area contributed by atoms with Crippen LogP contribution in [0.15, 0.2) is 0 Å². The van der Waals surface area contributed by atoms with Gasteiger partial charge in [-0.2, -0.15) is 0 Å². The van der Waals surface area contributed by atoms with Crippen molar-refractivity contribution < 1.29 is 29.3 Å². The molecule has 0 bridgehead atoms. The molecule has 2 N–H and O–H groups in total. The van der Waals surface area contributed by atoms with E-state index in [2.05, 4.69) is 9.47 Å². The van der Waals surface area contributed by atoms with Crippen LogP contribution in [0.3, 0.4) is 0 Å². The van der Waals surface area contributed by atoms with E-state index in [0.29, 0.717) is 6.42 Å². The van der Waals surface area contributed by atoms with Gasteiger partial charge >= 0.3 is 12.1 Å². The van der Waals surface area contributed by atoms with Crippen LogP contribution >= 0.6 is 0 Å². The molecule has 0 radical (unpaired) electrons. The summed E-state index contributed by atoms with van der Waals surface area (Å²) in [5.74, 6) is -0.711. The zero-order valence-electron chi connectivity index (χ0n) is 7.93. The third kappa shape index (κ3) is 6.24. The summed E-state index contributed by atoms with van der Waals surface area (Å²) < 4.78 is 8.73. The van der Waals surface area contributed by atoms with Gasteiger partial charge in [0.05, 0.1) is 6.61 Å². The summed E-state index contributed by atoms with van der Waals surface area (Å²) in [5.41, 5.74) is 0. The number of hydrogen-bond acceptors (Lipinski definition) is 5. The second-order valence-corrected chi connectivity index (χ2v) is 2.63. The number of carbonyl (C=O) groups is 2. The van der Waals surface area contributed by atoms with Gasteiger partial charge < -0.3 is 19.7 Å². The molecule has 0 saturated carbocycles. The number of carboxylic acid groups (broad SMARTS) is 1. The van der Waals surface area contributed by atoms with Gasteiger partial charge in [-0.05, 0) is 6.42 Å². The fourth-order valence-electron chi connectivity index (χ4n) is 0.669. The van der Waals surface area contributed by atoms with Gasteiger partial charge in [-0.25, -0.2) is 4.79 Å². The number of aliphatic hydroxyl groups is 1. The van der Waals surface area contributed by atoms with Crippen LogP contribution in [0.4, 0.5) is 4.79 Å². The summed E-state index contributed by atoms with van der Waals surface area (Å²) in [7, 11) is 0. The van der Waals surface area contributed by atoms with Crippen molar-refractivity contribution in [2.75, 3.05) is 13.2 Å². The number of rotatable bonds is 3. The largest absolute Gasteiger partial charge is 0.508 e. The molecule has 0 aliphatic carbocycles. The zero-order chi connectivity index (χ0) is 11.0. The maximum Gasteiger partial charge on any atom is 0.508 e. The van der Waals surface area contributed by atoms with Crippen molar-refractivity contribution in [3.63, 3.8) is 0 Å². The van der Waals surface area contributed by atoms with Gasteiger partial charge in [-0.3, -0.25) is 4.79 Å². The molecular weight excluding hydrogens is 192 g/mol. The molecule has 1 aliphatic heterocycles. The van der Waals surface area contributed by atoms with Crippen molar-refractivity contribution in [2.24, 2.45) is 0 Å². The maximum absolute atomic E-state index is 10.1. The number of aliphatic hydroxyl groups excluding tert-OH is 1. The van der Waals surface area contributed by atoms with E-state index in [1.807, 2.05) is 6.92 Å². The molecule has 1 saturated heterocycles. The number of cyclic esters (lactones) is 2. The van der Waals surface area contributed by atoms with Crippen molar-refractivity contribution in [1.82, 2.24) is 0 Å². The van der Waals surface area contributed by atoms with Crippen LogP contribution in [-0.4, -0.2) is 41.7 Å². The number of hydrogen-bond donors (Lipinski definition) is 2. The highest BCUT2D eigenvalue weighted by atomic mass is 16.8. The third-order valence-corrected chi connectivity index (χ3v) is 1.32. The first kappa shape index (κ1) is 12.7. The molecule has 6 heteroatoms. The summed E-state index contributed by atoms with van der Waals surface area (Å²) in [5, 5.41) is 16.2. The minimum absolute atomic E-state index is 0.161. The lowest BCUT2D eigenvalue weighted by Crippen LogP contribution is -2.14. The molecule has 1 atom stereocenters. The minimum atomic E-state index is -0.711. The van der Waals surface area contributed by atoms with Gasteiger partial charge in [0, 0.05) is 6.42 Å². The van der Waals surface area contributed by atoms with Crippen LogP contribution in [0.1, 0.15) is 19.8 Å². The lowest BCUT2D eigenvalue weighted by molar-refractivity contribution is -0.137. The van der Waals surface area contributed by atoms with E-state index in [4.69, 9.17) is 10.2 Å². The van der Waals surface area contributed by atoms with E-state index < -0.39 is 18.2 Å². The van der Waals surface area contributed by atoms with E-state index in [0.717, 1.165) is 6.42 Å². The van der Waals surface area contributed by atoms with Gasteiger partial charge in [0.2, 0.25) is 0 Å².